The van der Waals surface area contributed by atoms with Gasteiger partial charge < -0.3 is 15.1 Å². The van der Waals surface area contributed by atoms with Crippen LogP contribution in [0.5, 0.6) is 0 Å². The molecule has 1 atom stereocenters. The summed E-state index contributed by atoms with van der Waals surface area (Å²) in [7, 11) is 0. The Morgan fingerprint density at radius 1 is 1.07 bits per heavy atom. The van der Waals surface area contributed by atoms with E-state index in [0.29, 0.717) is 32.5 Å². The molecule has 1 aromatic rings. The van der Waals surface area contributed by atoms with Crippen molar-refractivity contribution in [2.75, 3.05) is 24.5 Å². The molecule has 0 spiro atoms. The molecule has 0 aliphatic carbocycles. The van der Waals surface area contributed by atoms with Crippen molar-refractivity contribution in [3.8, 4) is 0 Å². The molecule has 2 heterocycles. The Labute approximate surface area is 167 Å². The number of anilines is 1. The van der Waals surface area contributed by atoms with Crippen LogP contribution in [0.25, 0.3) is 0 Å². The van der Waals surface area contributed by atoms with Crippen LogP contribution in [-0.4, -0.2) is 48.3 Å². The van der Waals surface area contributed by atoms with Gasteiger partial charge in [-0.25, -0.2) is 0 Å². The first-order valence-electron chi connectivity index (χ1n) is 10.5. The van der Waals surface area contributed by atoms with Crippen LogP contribution in [0.3, 0.4) is 0 Å². The second-order valence-corrected chi connectivity index (χ2v) is 7.86. The summed E-state index contributed by atoms with van der Waals surface area (Å²) in [6, 6.07) is 9.74. The third-order valence-electron chi connectivity index (χ3n) is 6.05. The summed E-state index contributed by atoms with van der Waals surface area (Å²) in [5, 5.41) is 3.12. The van der Waals surface area contributed by atoms with Gasteiger partial charge in [0.05, 0.1) is 5.92 Å². The third-order valence-corrected chi connectivity index (χ3v) is 6.05. The lowest BCUT2D eigenvalue weighted by Crippen LogP contribution is -2.46. The van der Waals surface area contributed by atoms with E-state index < -0.39 is 0 Å². The first-order chi connectivity index (χ1) is 13.5. The minimum Gasteiger partial charge on any atom is -0.353 e. The van der Waals surface area contributed by atoms with Crippen LogP contribution in [0.4, 0.5) is 5.69 Å². The second-order valence-electron chi connectivity index (χ2n) is 7.86. The monoisotopic (exact) mass is 385 g/mol. The van der Waals surface area contributed by atoms with Crippen molar-refractivity contribution in [1.82, 2.24) is 10.2 Å². The number of nitrogens with one attached hydrogen (secondary N) is 1. The number of hydrogen-bond acceptors (Lipinski definition) is 3. The van der Waals surface area contributed by atoms with E-state index in [1.54, 1.807) is 4.90 Å². The van der Waals surface area contributed by atoms with Crippen molar-refractivity contribution in [1.29, 1.82) is 0 Å². The molecule has 2 fully saturated rings. The average Bonchev–Trinajstić information content (AvgIpc) is 3.13. The van der Waals surface area contributed by atoms with Gasteiger partial charge in [0, 0.05) is 43.7 Å². The zero-order valence-corrected chi connectivity index (χ0v) is 16.9. The number of nitrogens with zero attached hydrogens (tertiary/aromatic N) is 2. The van der Waals surface area contributed by atoms with Crippen LogP contribution >= 0.6 is 0 Å². The molecule has 1 unspecified atom stereocenters. The number of carbonyl (C=O) groups excluding carboxylic acids is 3. The molecule has 28 heavy (non-hydrogen) atoms. The fourth-order valence-electron chi connectivity index (χ4n) is 4.16. The highest BCUT2D eigenvalue weighted by atomic mass is 16.2. The Morgan fingerprint density at radius 2 is 1.71 bits per heavy atom. The van der Waals surface area contributed by atoms with Crippen LogP contribution in [0, 0.1) is 11.8 Å². The Balaban J connectivity index is 1.52. The molecule has 0 saturated carbocycles. The van der Waals surface area contributed by atoms with Gasteiger partial charge in [-0.1, -0.05) is 32.0 Å². The third kappa shape index (κ3) is 4.54. The van der Waals surface area contributed by atoms with Gasteiger partial charge >= 0.3 is 0 Å². The van der Waals surface area contributed by atoms with Gasteiger partial charge in [-0.3, -0.25) is 14.4 Å². The molecule has 0 radical (unpaired) electrons. The normalized spacial score (nSPS) is 20.7. The van der Waals surface area contributed by atoms with Crippen molar-refractivity contribution < 1.29 is 14.4 Å². The van der Waals surface area contributed by atoms with Crippen LogP contribution in [0.2, 0.25) is 0 Å². The molecule has 152 valence electrons. The van der Waals surface area contributed by atoms with Crippen molar-refractivity contribution in [2.24, 2.45) is 11.8 Å². The van der Waals surface area contributed by atoms with Gasteiger partial charge in [-0.05, 0) is 37.8 Å². The van der Waals surface area contributed by atoms with E-state index in [1.165, 1.54) is 0 Å². The number of para-hydroxylation sites is 1. The first kappa shape index (κ1) is 20.4. The van der Waals surface area contributed by atoms with E-state index in [4.69, 9.17) is 0 Å². The van der Waals surface area contributed by atoms with Gasteiger partial charge in [0.1, 0.15) is 0 Å². The van der Waals surface area contributed by atoms with E-state index in [-0.39, 0.29) is 42.0 Å². The summed E-state index contributed by atoms with van der Waals surface area (Å²) in [6.07, 6.45) is 3.53. The largest absolute Gasteiger partial charge is 0.353 e. The molecular formula is C22H31N3O3. The highest BCUT2D eigenvalue weighted by Gasteiger charge is 2.38. The highest BCUT2D eigenvalue weighted by molar-refractivity contribution is 6.00. The van der Waals surface area contributed by atoms with Crippen LogP contribution in [0.1, 0.15) is 46.0 Å². The van der Waals surface area contributed by atoms with E-state index in [2.05, 4.69) is 19.2 Å². The number of piperidine rings is 1. The molecule has 0 bridgehead atoms. The van der Waals surface area contributed by atoms with Crippen molar-refractivity contribution >= 4 is 23.4 Å². The van der Waals surface area contributed by atoms with Gasteiger partial charge in [0.2, 0.25) is 17.7 Å². The standard InChI is InChI=1S/C22H31N3O3/c1-3-18(4-2)23-21(27)16-10-12-24(13-11-16)22(28)17-14-20(26)25(15-17)19-8-6-5-7-9-19/h5-9,16-18H,3-4,10-15H2,1-2H3,(H,23,27). The fraction of sp³-hybridized carbons (Fsp3) is 0.591. The minimum atomic E-state index is -0.289. The van der Waals surface area contributed by atoms with Gasteiger partial charge in [0.25, 0.3) is 0 Å². The summed E-state index contributed by atoms with van der Waals surface area (Å²) in [5.41, 5.74) is 0.847. The molecule has 1 N–H and O–H groups in total. The zero-order chi connectivity index (χ0) is 20.1. The van der Waals surface area contributed by atoms with Crippen molar-refractivity contribution in [3.63, 3.8) is 0 Å². The summed E-state index contributed by atoms with van der Waals surface area (Å²) < 4.78 is 0. The SMILES string of the molecule is CCC(CC)NC(=O)C1CCN(C(=O)C2CC(=O)N(c3ccccc3)C2)CC1. The topological polar surface area (TPSA) is 69.7 Å². The predicted molar refractivity (Wildman–Crippen MR) is 109 cm³/mol. The lowest BCUT2D eigenvalue weighted by molar-refractivity contribution is -0.139. The van der Waals surface area contributed by atoms with Gasteiger partial charge in [-0.15, -0.1) is 0 Å². The lowest BCUT2D eigenvalue weighted by Gasteiger charge is -2.33. The summed E-state index contributed by atoms with van der Waals surface area (Å²) >= 11 is 0. The predicted octanol–water partition coefficient (Wildman–Crippen LogP) is 2.58. The number of rotatable bonds is 6. The first-order valence-corrected chi connectivity index (χ1v) is 10.5. The average molecular weight is 386 g/mol. The molecule has 2 saturated heterocycles. The van der Waals surface area contributed by atoms with E-state index in [9.17, 15) is 14.4 Å². The summed E-state index contributed by atoms with van der Waals surface area (Å²) in [6.45, 7) is 5.79. The Morgan fingerprint density at radius 3 is 2.32 bits per heavy atom. The molecule has 3 amide bonds. The smallest absolute Gasteiger partial charge is 0.228 e. The minimum absolute atomic E-state index is 0.00369. The second kappa shape index (κ2) is 9.22. The number of carbonyl (C=O) groups is 3. The van der Waals surface area contributed by atoms with E-state index >= 15 is 0 Å². The van der Waals surface area contributed by atoms with Gasteiger partial charge in [0.15, 0.2) is 0 Å². The zero-order valence-electron chi connectivity index (χ0n) is 16.9. The molecular weight excluding hydrogens is 354 g/mol. The van der Waals surface area contributed by atoms with Crippen molar-refractivity contribution in [3.05, 3.63) is 30.3 Å². The summed E-state index contributed by atoms with van der Waals surface area (Å²) in [5.74, 6) is -0.139. The molecule has 3 rings (SSSR count). The maximum absolute atomic E-state index is 12.9. The number of benzene rings is 1. The van der Waals surface area contributed by atoms with Crippen LogP contribution < -0.4 is 10.2 Å². The quantitative estimate of drug-likeness (QED) is 0.818. The highest BCUT2D eigenvalue weighted by Crippen LogP contribution is 2.28. The maximum Gasteiger partial charge on any atom is 0.228 e. The molecule has 2 aliphatic heterocycles. The van der Waals surface area contributed by atoms with Crippen molar-refractivity contribution in [2.45, 2.75) is 52.0 Å². The summed E-state index contributed by atoms with van der Waals surface area (Å²) in [4.78, 5) is 41.3. The Bertz CT molecular complexity index is 694. The fourth-order valence-corrected chi connectivity index (χ4v) is 4.16. The Kier molecular flexibility index (Phi) is 6.70. The maximum atomic E-state index is 12.9. The molecule has 6 nitrogen and oxygen atoms in total. The molecule has 2 aliphatic rings. The van der Waals surface area contributed by atoms with E-state index in [1.807, 2.05) is 35.2 Å². The van der Waals surface area contributed by atoms with Crippen LogP contribution in [-0.2, 0) is 14.4 Å². The number of likely N-dealkylation sites (tertiary alicyclic amines) is 1. The molecule has 0 aromatic heterocycles. The van der Waals surface area contributed by atoms with Crippen LogP contribution in [0.15, 0.2) is 30.3 Å². The Hall–Kier alpha value is -2.37. The number of hydrogen-bond donors (Lipinski definition) is 1. The molecule has 6 heteroatoms. The lowest BCUT2D eigenvalue weighted by atomic mass is 9.94. The molecule has 1 aromatic carbocycles. The van der Waals surface area contributed by atoms with Gasteiger partial charge in [-0.2, -0.15) is 0 Å². The van der Waals surface area contributed by atoms with E-state index in [0.717, 1.165) is 18.5 Å². The number of amides is 3.